The van der Waals surface area contributed by atoms with E-state index < -0.39 is 16.1 Å². The third kappa shape index (κ3) is 5.01. The fourth-order valence-electron chi connectivity index (χ4n) is 1.25. The molecule has 0 bridgehead atoms. The van der Waals surface area contributed by atoms with Crippen molar-refractivity contribution in [2.75, 3.05) is 20.5 Å². The maximum Gasteiger partial charge on any atom is 0.330 e. The van der Waals surface area contributed by atoms with E-state index in [1.165, 1.54) is 32.4 Å². The van der Waals surface area contributed by atoms with E-state index in [0.29, 0.717) is 5.56 Å². The highest BCUT2D eigenvalue weighted by Crippen LogP contribution is 2.29. The summed E-state index contributed by atoms with van der Waals surface area (Å²) < 4.78 is 36.3. The molecular weight excluding hydrogens is 272 g/mol. The summed E-state index contributed by atoms with van der Waals surface area (Å²) >= 11 is 0. The van der Waals surface area contributed by atoms with Crippen LogP contribution in [0.5, 0.6) is 11.5 Å². The van der Waals surface area contributed by atoms with Crippen LogP contribution in [-0.2, 0) is 19.6 Å². The predicted octanol–water partition coefficient (Wildman–Crippen LogP) is 1.22. The molecule has 0 fully saturated rings. The number of rotatable bonds is 5. The molecule has 0 saturated heterocycles. The van der Waals surface area contributed by atoms with Crippen molar-refractivity contribution in [3.63, 3.8) is 0 Å². The van der Waals surface area contributed by atoms with Crippen LogP contribution in [-0.4, -0.2) is 34.9 Å². The van der Waals surface area contributed by atoms with Gasteiger partial charge in [-0.15, -0.1) is 0 Å². The smallest absolute Gasteiger partial charge is 0.330 e. The number of carbonyl (C=O) groups is 1. The molecule has 0 aliphatic heterocycles. The van der Waals surface area contributed by atoms with E-state index in [0.717, 1.165) is 6.26 Å². The quantitative estimate of drug-likeness (QED) is 0.460. The lowest BCUT2D eigenvalue weighted by atomic mass is 10.2. The van der Waals surface area contributed by atoms with Crippen molar-refractivity contribution in [2.24, 2.45) is 0 Å². The highest BCUT2D eigenvalue weighted by atomic mass is 32.2. The van der Waals surface area contributed by atoms with Crippen molar-refractivity contribution in [3.05, 3.63) is 29.8 Å². The Kier molecular flexibility index (Phi) is 4.94. The van der Waals surface area contributed by atoms with Gasteiger partial charge in [-0.1, -0.05) is 6.07 Å². The van der Waals surface area contributed by atoms with Gasteiger partial charge in [0.25, 0.3) is 0 Å². The van der Waals surface area contributed by atoms with E-state index in [1.54, 1.807) is 12.1 Å². The molecule has 0 spiro atoms. The number of methoxy groups -OCH3 is 2. The van der Waals surface area contributed by atoms with Crippen LogP contribution in [0.3, 0.4) is 0 Å². The fraction of sp³-hybridized carbons (Fsp3) is 0.250. The van der Waals surface area contributed by atoms with Crippen LogP contribution in [0, 0.1) is 0 Å². The lowest BCUT2D eigenvalue weighted by molar-refractivity contribution is -0.134. The van der Waals surface area contributed by atoms with Crippen molar-refractivity contribution in [3.8, 4) is 11.5 Å². The molecule has 7 heteroatoms. The molecule has 1 rings (SSSR count). The van der Waals surface area contributed by atoms with Crippen LogP contribution < -0.4 is 8.92 Å². The summed E-state index contributed by atoms with van der Waals surface area (Å²) in [7, 11) is -0.963. The molecular formula is C12H14O6S. The van der Waals surface area contributed by atoms with E-state index in [2.05, 4.69) is 4.74 Å². The van der Waals surface area contributed by atoms with Crippen molar-refractivity contribution in [1.29, 1.82) is 0 Å². The number of hydrogen-bond donors (Lipinski definition) is 0. The average molecular weight is 286 g/mol. The Bertz CT molecular complexity index is 588. The van der Waals surface area contributed by atoms with E-state index in [9.17, 15) is 13.2 Å². The van der Waals surface area contributed by atoms with E-state index >= 15 is 0 Å². The molecule has 0 saturated carbocycles. The zero-order valence-corrected chi connectivity index (χ0v) is 11.6. The van der Waals surface area contributed by atoms with E-state index in [-0.39, 0.29) is 11.5 Å². The minimum Gasteiger partial charge on any atom is -0.493 e. The van der Waals surface area contributed by atoms with Gasteiger partial charge in [-0.2, -0.15) is 8.42 Å². The molecule has 104 valence electrons. The van der Waals surface area contributed by atoms with Gasteiger partial charge in [-0.3, -0.25) is 0 Å². The van der Waals surface area contributed by atoms with Gasteiger partial charge in [0.1, 0.15) is 0 Å². The van der Waals surface area contributed by atoms with Crippen LogP contribution in [0.15, 0.2) is 24.3 Å². The number of benzene rings is 1. The third-order valence-corrected chi connectivity index (χ3v) is 2.52. The Balaban J connectivity index is 3.02. The van der Waals surface area contributed by atoms with Gasteiger partial charge in [0.2, 0.25) is 0 Å². The Hall–Kier alpha value is -2.02. The number of carbonyl (C=O) groups excluding carboxylic acids is 1. The second-order valence-corrected chi connectivity index (χ2v) is 5.13. The fourth-order valence-corrected chi connectivity index (χ4v) is 1.72. The lowest BCUT2D eigenvalue weighted by Gasteiger charge is -2.09. The average Bonchev–Trinajstić information content (AvgIpc) is 2.35. The molecule has 0 aliphatic rings. The summed E-state index contributed by atoms with van der Waals surface area (Å²) in [6, 6.07) is 4.57. The van der Waals surface area contributed by atoms with E-state index in [4.69, 9.17) is 8.92 Å². The van der Waals surface area contributed by atoms with Gasteiger partial charge in [0.05, 0.1) is 20.5 Å². The van der Waals surface area contributed by atoms with Crippen molar-refractivity contribution in [1.82, 2.24) is 0 Å². The molecule has 0 heterocycles. The first kappa shape index (κ1) is 15.0. The summed E-state index contributed by atoms with van der Waals surface area (Å²) in [6.45, 7) is 0. The Morgan fingerprint density at radius 3 is 2.42 bits per heavy atom. The minimum atomic E-state index is -3.62. The maximum atomic E-state index is 11.1. The normalized spacial score (nSPS) is 11.3. The van der Waals surface area contributed by atoms with Crippen molar-refractivity contribution in [2.45, 2.75) is 0 Å². The van der Waals surface area contributed by atoms with Crippen LogP contribution >= 0.6 is 0 Å². The number of esters is 1. The van der Waals surface area contributed by atoms with Crippen LogP contribution in [0.4, 0.5) is 0 Å². The summed E-state index contributed by atoms with van der Waals surface area (Å²) in [5.74, 6) is -0.159. The molecule has 0 amide bonds. The summed E-state index contributed by atoms with van der Waals surface area (Å²) in [5.41, 5.74) is 0.642. The lowest BCUT2D eigenvalue weighted by Crippen LogP contribution is -2.06. The van der Waals surface area contributed by atoms with Crippen LogP contribution in [0.2, 0.25) is 0 Å². The number of ether oxygens (including phenoxy) is 2. The molecule has 19 heavy (non-hydrogen) atoms. The number of hydrogen-bond acceptors (Lipinski definition) is 6. The second kappa shape index (κ2) is 6.24. The van der Waals surface area contributed by atoms with E-state index in [1.807, 2.05) is 0 Å². The van der Waals surface area contributed by atoms with Crippen molar-refractivity contribution >= 4 is 22.2 Å². The molecule has 0 aliphatic carbocycles. The minimum absolute atomic E-state index is 0.0835. The van der Waals surface area contributed by atoms with Crippen LogP contribution in [0.25, 0.3) is 6.08 Å². The van der Waals surface area contributed by atoms with Gasteiger partial charge in [-0.05, 0) is 23.8 Å². The van der Waals surface area contributed by atoms with Gasteiger partial charge >= 0.3 is 16.1 Å². The predicted molar refractivity (Wildman–Crippen MR) is 69.5 cm³/mol. The maximum absolute atomic E-state index is 11.1. The third-order valence-electron chi connectivity index (χ3n) is 2.04. The van der Waals surface area contributed by atoms with Gasteiger partial charge in [0, 0.05) is 6.08 Å². The van der Waals surface area contributed by atoms with Gasteiger partial charge in [0.15, 0.2) is 11.5 Å². The molecule has 0 radical (unpaired) electrons. The molecule has 0 unspecified atom stereocenters. The highest BCUT2D eigenvalue weighted by Gasteiger charge is 2.10. The zero-order chi connectivity index (χ0) is 14.5. The Labute approximate surface area is 111 Å². The van der Waals surface area contributed by atoms with Gasteiger partial charge < -0.3 is 13.7 Å². The summed E-state index contributed by atoms with van der Waals surface area (Å²) in [6.07, 6.45) is 3.70. The molecule has 1 aromatic carbocycles. The molecule has 6 nitrogen and oxygen atoms in total. The molecule has 0 atom stereocenters. The van der Waals surface area contributed by atoms with Crippen molar-refractivity contribution < 1.29 is 26.9 Å². The summed E-state index contributed by atoms with van der Waals surface area (Å²) in [5, 5.41) is 0. The van der Waals surface area contributed by atoms with Crippen LogP contribution in [0.1, 0.15) is 5.56 Å². The highest BCUT2D eigenvalue weighted by molar-refractivity contribution is 7.86. The summed E-state index contributed by atoms with van der Waals surface area (Å²) in [4.78, 5) is 10.9. The SMILES string of the molecule is COC(=O)C=Cc1ccc(OS(C)(=O)=O)c(OC)c1. The largest absolute Gasteiger partial charge is 0.493 e. The first-order valence-corrected chi connectivity index (χ1v) is 7.01. The molecule has 0 N–H and O–H groups in total. The monoisotopic (exact) mass is 286 g/mol. The topological polar surface area (TPSA) is 78.9 Å². The Morgan fingerprint density at radius 1 is 1.21 bits per heavy atom. The molecule has 0 aromatic heterocycles. The second-order valence-electron chi connectivity index (χ2n) is 3.55. The first-order chi connectivity index (χ1) is 8.85. The Morgan fingerprint density at radius 2 is 1.89 bits per heavy atom. The standard InChI is InChI=1S/C12H14O6S/c1-16-11-8-9(5-7-12(13)17-2)4-6-10(11)18-19(3,14)15/h4-8H,1-3H3. The van der Waals surface area contributed by atoms with Gasteiger partial charge in [-0.25, -0.2) is 4.79 Å². The first-order valence-electron chi connectivity index (χ1n) is 5.19. The zero-order valence-electron chi connectivity index (χ0n) is 10.7. The molecule has 1 aromatic rings.